The van der Waals surface area contributed by atoms with E-state index in [1.165, 1.54) is 36.4 Å². The average Bonchev–Trinajstić information content (AvgIpc) is 2.90. The van der Waals surface area contributed by atoms with Gasteiger partial charge in [0.25, 0.3) is 5.91 Å². The Hall–Kier alpha value is -4.33. The van der Waals surface area contributed by atoms with Gasteiger partial charge in [0.05, 0.1) is 18.8 Å². The van der Waals surface area contributed by atoms with Gasteiger partial charge in [0.1, 0.15) is 5.75 Å². The SMILES string of the molecule is CCCOc1ccc(C(=O)c2ccccc2C(=O)OCC(=O)Nc2ccc(O)cc2)cc1OCCC. The molecule has 0 unspecified atom stereocenters. The summed E-state index contributed by atoms with van der Waals surface area (Å²) in [6, 6.07) is 17.0. The van der Waals surface area contributed by atoms with Gasteiger partial charge >= 0.3 is 5.97 Å². The summed E-state index contributed by atoms with van der Waals surface area (Å²) in [5.41, 5.74) is 0.958. The van der Waals surface area contributed by atoms with Crippen LogP contribution in [0.5, 0.6) is 17.2 Å². The third kappa shape index (κ3) is 7.09. The van der Waals surface area contributed by atoms with E-state index < -0.39 is 18.5 Å². The molecular formula is C28H29NO7. The first-order valence-electron chi connectivity index (χ1n) is 11.7. The van der Waals surface area contributed by atoms with Gasteiger partial charge in [-0.15, -0.1) is 0 Å². The van der Waals surface area contributed by atoms with Gasteiger partial charge < -0.3 is 24.6 Å². The first-order chi connectivity index (χ1) is 17.4. The molecule has 8 nitrogen and oxygen atoms in total. The maximum atomic E-state index is 13.3. The molecule has 0 aliphatic rings. The molecule has 188 valence electrons. The molecular weight excluding hydrogens is 462 g/mol. The quantitative estimate of drug-likeness (QED) is 0.208. The number of amides is 1. The van der Waals surface area contributed by atoms with Crippen molar-refractivity contribution in [3.05, 3.63) is 83.4 Å². The van der Waals surface area contributed by atoms with Crippen LogP contribution in [0.3, 0.4) is 0 Å². The molecule has 0 saturated carbocycles. The number of esters is 1. The molecule has 0 aliphatic heterocycles. The van der Waals surface area contributed by atoms with Crippen LogP contribution in [0.25, 0.3) is 0 Å². The summed E-state index contributed by atoms with van der Waals surface area (Å²) in [6.07, 6.45) is 1.62. The number of aromatic hydroxyl groups is 1. The van der Waals surface area contributed by atoms with Gasteiger partial charge in [-0.2, -0.15) is 0 Å². The van der Waals surface area contributed by atoms with E-state index >= 15 is 0 Å². The molecule has 0 fully saturated rings. The van der Waals surface area contributed by atoms with E-state index in [0.29, 0.717) is 36.0 Å². The molecule has 1 amide bonds. The van der Waals surface area contributed by atoms with Crippen molar-refractivity contribution in [1.29, 1.82) is 0 Å². The van der Waals surface area contributed by atoms with E-state index in [4.69, 9.17) is 14.2 Å². The molecule has 0 aromatic heterocycles. The molecule has 0 aliphatic carbocycles. The number of nitrogens with one attached hydrogen (secondary N) is 1. The van der Waals surface area contributed by atoms with Crippen LogP contribution in [0, 0.1) is 0 Å². The second-order valence-corrected chi connectivity index (χ2v) is 7.90. The minimum atomic E-state index is -0.801. The highest BCUT2D eigenvalue weighted by Gasteiger charge is 2.21. The van der Waals surface area contributed by atoms with Crippen molar-refractivity contribution >= 4 is 23.3 Å². The third-order valence-corrected chi connectivity index (χ3v) is 5.01. The topological polar surface area (TPSA) is 111 Å². The van der Waals surface area contributed by atoms with Crippen molar-refractivity contribution in [2.75, 3.05) is 25.1 Å². The standard InChI is InChI=1S/C28H29NO7/c1-3-15-34-24-14-9-19(17-25(24)35-16-4-2)27(32)22-7-5-6-8-23(22)28(33)36-18-26(31)29-20-10-12-21(30)13-11-20/h5-14,17,30H,3-4,15-16,18H2,1-2H3,(H,29,31). The van der Waals surface area contributed by atoms with Gasteiger partial charge in [0.2, 0.25) is 0 Å². The highest BCUT2D eigenvalue weighted by molar-refractivity contribution is 6.14. The van der Waals surface area contributed by atoms with Gasteiger partial charge in [-0.25, -0.2) is 4.79 Å². The molecule has 0 radical (unpaired) electrons. The number of carbonyl (C=O) groups excluding carboxylic acids is 3. The zero-order chi connectivity index (χ0) is 25.9. The van der Waals surface area contributed by atoms with Crippen LogP contribution in [-0.4, -0.2) is 42.6 Å². The minimum absolute atomic E-state index is 0.0438. The Kier molecular flexibility index (Phi) is 9.45. The molecule has 2 N–H and O–H groups in total. The normalized spacial score (nSPS) is 10.4. The summed E-state index contributed by atoms with van der Waals surface area (Å²) in [4.78, 5) is 38.2. The lowest BCUT2D eigenvalue weighted by molar-refractivity contribution is -0.119. The number of rotatable bonds is 12. The largest absolute Gasteiger partial charge is 0.508 e. The second-order valence-electron chi connectivity index (χ2n) is 7.90. The van der Waals surface area contributed by atoms with Gasteiger partial charge in [0, 0.05) is 16.8 Å². The van der Waals surface area contributed by atoms with Crippen LogP contribution in [0.15, 0.2) is 66.7 Å². The lowest BCUT2D eigenvalue weighted by atomic mass is 9.98. The van der Waals surface area contributed by atoms with E-state index in [9.17, 15) is 19.5 Å². The zero-order valence-corrected chi connectivity index (χ0v) is 20.3. The van der Waals surface area contributed by atoms with E-state index in [2.05, 4.69) is 5.32 Å². The van der Waals surface area contributed by atoms with Crippen LogP contribution in [0.2, 0.25) is 0 Å². The molecule has 0 spiro atoms. The Bertz CT molecular complexity index is 1200. The van der Waals surface area contributed by atoms with Crippen molar-refractivity contribution in [2.24, 2.45) is 0 Å². The number of phenols is 1. The van der Waals surface area contributed by atoms with Gasteiger partial charge in [-0.3, -0.25) is 9.59 Å². The number of anilines is 1. The molecule has 0 saturated heterocycles. The number of ketones is 1. The Morgan fingerprint density at radius 3 is 2.11 bits per heavy atom. The fourth-order valence-electron chi connectivity index (χ4n) is 3.27. The number of benzene rings is 3. The Morgan fingerprint density at radius 1 is 0.806 bits per heavy atom. The van der Waals surface area contributed by atoms with Gasteiger partial charge in [-0.05, 0) is 61.4 Å². The molecule has 36 heavy (non-hydrogen) atoms. The molecule has 0 heterocycles. The van der Waals surface area contributed by atoms with Gasteiger partial charge in [0.15, 0.2) is 23.9 Å². The van der Waals surface area contributed by atoms with Crippen molar-refractivity contribution in [3.63, 3.8) is 0 Å². The van der Waals surface area contributed by atoms with Crippen molar-refractivity contribution in [1.82, 2.24) is 0 Å². The molecule has 3 aromatic rings. The molecule has 8 heteroatoms. The summed E-state index contributed by atoms with van der Waals surface area (Å²) < 4.78 is 16.7. The number of hydrogen-bond donors (Lipinski definition) is 2. The fraction of sp³-hybridized carbons (Fsp3) is 0.250. The lowest BCUT2D eigenvalue weighted by Crippen LogP contribution is -2.22. The smallest absolute Gasteiger partial charge is 0.339 e. The molecule has 3 rings (SSSR count). The predicted octanol–water partition coefficient (Wildman–Crippen LogP) is 5.00. The number of hydrogen-bond acceptors (Lipinski definition) is 7. The summed E-state index contributed by atoms with van der Waals surface area (Å²) >= 11 is 0. The van der Waals surface area contributed by atoms with Crippen LogP contribution in [0.1, 0.15) is 53.0 Å². The maximum Gasteiger partial charge on any atom is 0.339 e. The Morgan fingerprint density at radius 2 is 1.44 bits per heavy atom. The minimum Gasteiger partial charge on any atom is -0.508 e. The van der Waals surface area contributed by atoms with Crippen molar-refractivity contribution in [2.45, 2.75) is 26.7 Å². The predicted molar refractivity (Wildman–Crippen MR) is 135 cm³/mol. The number of carbonyl (C=O) groups is 3. The Labute approximate surface area is 209 Å². The first kappa shape index (κ1) is 26.3. The Balaban J connectivity index is 1.74. The highest BCUT2D eigenvalue weighted by atomic mass is 16.5. The van der Waals surface area contributed by atoms with Crippen LogP contribution >= 0.6 is 0 Å². The lowest BCUT2D eigenvalue weighted by Gasteiger charge is -2.14. The van der Waals surface area contributed by atoms with Crippen LogP contribution < -0.4 is 14.8 Å². The number of ether oxygens (including phenoxy) is 3. The average molecular weight is 492 g/mol. The maximum absolute atomic E-state index is 13.3. The van der Waals surface area contributed by atoms with E-state index in [-0.39, 0.29) is 22.7 Å². The summed E-state index contributed by atoms with van der Waals surface area (Å²) in [5, 5.41) is 11.9. The third-order valence-electron chi connectivity index (χ3n) is 5.01. The fourth-order valence-corrected chi connectivity index (χ4v) is 3.27. The van der Waals surface area contributed by atoms with E-state index in [0.717, 1.165) is 12.8 Å². The summed E-state index contributed by atoms with van der Waals surface area (Å²) in [5.74, 6) is -0.674. The van der Waals surface area contributed by atoms with Crippen molar-refractivity contribution < 1.29 is 33.7 Å². The first-order valence-corrected chi connectivity index (χ1v) is 11.7. The molecule has 3 aromatic carbocycles. The van der Waals surface area contributed by atoms with Gasteiger partial charge in [-0.1, -0.05) is 32.0 Å². The zero-order valence-electron chi connectivity index (χ0n) is 20.3. The highest BCUT2D eigenvalue weighted by Crippen LogP contribution is 2.30. The summed E-state index contributed by atoms with van der Waals surface area (Å²) in [6.45, 7) is 4.42. The van der Waals surface area contributed by atoms with E-state index in [1.807, 2.05) is 13.8 Å². The van der Waals surface area contributed by atoms with E-state index in [1.54, 1.807) is 30.3 Å². The van der Waals surface area contributed by atoms with Crippen LogP contribution in [-0.2, 0) is 9.53 Å². The van der Waals surface area contributed by atoms with Crippen molar-refractivity contribution in [3.8, 4) is 17.2 Å². The second kappa shape index (κ2) is 12.9. The molecule has 0 atom stereocenters. The monoisotopic (exact) mass is 491 g/mol. The summed E-state index contributed by atoms with van der Waals surface area (Å²) in [7, 11) is 0. The number of phenolic OH excluding ortho intramolecular Hbond substituents is 1. The van der Waals surface area contributed by atoms with Crippen LogP contribution in [0.4, 0.5) is 5.69 Å². The molecule has 0 bridgehead atoms.